The maximum Gasteiger partial charge on any atom is 0.258 e. The van der Waals surface area contributed by atoms with Crippen LogP contribution < -0.4 is 4.90 Å². The Kier molecular flexibility index (Phi) is 5.45. The molecule has 0 unspecified atom stereocenters. The lowest BCUT2D eigenvalue weighted by atomic mass is 10.1. The van der Waals surface area contributed by atoms with Crippen molar-refractivity contribution in [2.24, 2.45) is 0 Å². The lowest BCUT2D eigenvalue weighted by Crippen LogP contribution is -2.30. The number of benzene rings is 3. The Labute approximate surface area is 175 Å². The minimum Gasteiger partial charge on any atom is -0.304 e. The second kappa shape index (κ2) is 8.33. The molecule has 0 aliphatic heterocycles. The minimum atomic E-state index is -0.0836. The smallest absolute Gasteiger partial charge is 0.258 e. The third-order valence-electron chi connectivity index (χ3n) is 4.77. The second-order valence-corrected chi connectivity index (χ2v) is 7.05. The van der Waals surface area contributed by atoms with Crippen molar-refractivity contribution in [2.45, 2.75) is 13.5 Å². The highest BCUT2D eigenvalue weighted by atomic mass is 35.5. The average molecular weight is 402 g/mol. The third kappa shape index (κ3) is 3.93. The molecule has 4 nitrogen and oxygen atoms in total. The van der Waals surface area contributed by atoms with Crippen LogP contribution in [0.5, 0.6) is 0 Å². The number of rotatable bonds is 5. The van der Waals surface area contributed by atoms with Crippen LogP contribution in [-0.4, -0.2) is 15.7 Å². The van der Waals surface area contributed by atoms with Gasteiger partial charge in [-0.2, -0.15) is 5.10 Å². The summed E-state index contributed by atoms with van der Waals surface area (Å²) in [6.45, 7) is 2.24. The summed E-state index contributed by atoms with van der Waals surface area (Å²) >= 11 is 6.71. The van der Waals surface area contributed by atoms with Gasteiger partial charge in [0.25, 0.3) is 5.91 Å². The van der Waals surface area contributed by atoms with E-state index in [1.165, 1.54) is 0 Å². The molecule has 0 bridgehead atoms. The zero-order valence-electron chi connectivity index (χ0n) is 16.0. The molecule has 0 aliphatic rings. The number of carbonyl (C=O) groups excluding carboxylic acids is 1. The maximum absolute atomic E-state index is 13.3. The summed E-state index contributed by atoms with van der Waals surface area (Å²) in [5, 5.41) is 5.12. The van der Waals surface area contributed by atoms with Crippen LogP contribution in [-0.2, 0) is 6.54 Å². The van der Waals surface area contributed by atoms with Crippen LogP contribution in [0.4, 0.5) is 5.69 Å². The van der Waals surface area contributed by atoms with Crippen LogP contribution in [0.2, 0.25) is 5.15 Å². The van der Waals surface area contributed by atoms with Crippen LogP contribution >= 0.6 is 11.6 Å². The summed E-state index contributed by atoms with van der Waals surface area (Å²) in [5.41, 5.74) is 3.93. The molecule has 1 amide bonds. The minimum absolute atomic E-state index is 0.0836. The fourth-order valence-electron chi connectivity index (χ4n) is 3.23. The molecule has 0 spiro atoms. The van der Waals surface area contributed by atoms with Crippen molar-refractivity contribution < 1.29 is 4.79 Å². The molecule has 1 heterocycles. The summed E-state index contributed by atoms with van der Waals surface area (Å²) in [6, 6.07) is 28.6. The standard InChI is InChI=1S/C24H20ClN3O/c1-18-22(23(25)28(26-18)21-15-9-4-10-16-21)17-27(20-13-7-3-8-14-20)24(29)19-11-5-2-6-12-19/h2-16H,17H2,1H3. The lowest BCUT2D eigenvalue weighted by Gasteiger charge is -2.23. The van der Waals surface area contributed by atoms with Crippen molar-refractivity contribution in [3.8, 4) is 5.69 Å². The van der Waals surface area contributed by atoms with Crippen LogP contribution in [0.15, 0.2) is 91.0 Å². The third-order valence-corrected chi connectivity index (χ3v) is 5.16. The number of halogens is 1. The van der Waals surface area contributed by atoms with Crippen molar-refractivity contribution in [3.63, 3.8) is 0 Å². The maximum atomic E-state index is 13.3. The summed E-state index contributed by atoms with van der Waals surface area (Å²) < 4.78 is 1.71. The molecule has 0 saturated heterocycles. The van der Waals surface area contributed by atoms with Gasteiger partial charge in [-0.05, 0) is 43.3 Å². The Morgan fingerprint density at radius 1 is 0.897 bits per heavy atom. The molecule has 0 fully saturated rings. The molecule has 0 aliphatic carbocycles. The highest BCUT2D eigenvalue weighted by Gasteiger charge is 2.23. The number of hydrogen-bond donors (Lipinski definition) is 0. The predicted molar refractivity (Wildman–Crippen MR) is 117 cm³/mol. The highest BCUT2D eigenvalue weighted by molar-refractivity contribution is 6.30. The van der Waals surface area contributed by atoms with Gasteiger partial charge in [-0.1, -0.05) is 66.2 Å². The first kappa shape index (κ1) is 19.0. The van der Waals surface area contributed by atoms with Gasteiger partial charge in [0, 0.05) is 16.8 Å². The molecule has 0 N–H and O–H groups in total. The van der Waals surface area contributed by atoms with E-state index in [0.29, 0.717) is 17.3 Å². The lowest BCUT2D eigenvalue weighted by molar-refractivity contribution is 0.0985. The normalized spacial score (nSPS) is 10.7. The first-order chi connectivity index (χ1) is 14.1. The molecule has 5 heteroatoms. The fraction of sp³-hybridized carbons (Fsp3) is 0.0833. The van der Waals surface area contributed by atoms with E-state index in [-0.39, 0.29) is 5.91 Å². The van der Waals surface area contributed by atoms with Gasteiger partial charge in [0.2, 0.25) is 0 Å². The van der Waals surface area contributed by atoms with Crippen molar-refractivity contribution in [1.29, 1.82) is 0 Å². The van der Waals surface area contributed by atoms with Gasteiger partial charge in [-0.25, -0.2) is 4.68 Å². The Bertz CT molecular complexity index is 1110. The number of carbonyl (C=O) groups is 1. The van der Waals surface area contributed by atoms with E-state index < -0.39 is 0 Å². The van der Waals surface area contributed by atoms with E-state index in [9.17, 15) is 4.79 Å². The summed E-state index contributed by atoms with van der Waals surface area (Å²) in [7, 11) is 0. The number of nitrogens with zero attached hydrogens (tertiary/aromatic N) is 3. The predicted octanol–water partition coefficient (Wildman–Crippen LogP) is 5.68. The van der Waals surface area contributed by atoms with E-state index in [0.717, 1.165) is 22.6 Å². The second-order valence-electron chi connectivity index (χ2n) is 6.69. The molecular formula is C24H20ClN3O. The summed E-state index contributed by atoms with van der Waals surface area (Å²) in [6.07, 6.45) is 0. The first-order valence-corrected chi connectivity index (χ1v) is 9.74. The van der Waals surface area contributed by atoms with Gasteiger partial charge in [-0.3, -0.25) is 4.79 Å². The molecule has 144 valence electrons. The number of aryl methyl sites for hydroxylation is 1. The van der Waals surface area contributed by atoms with E-state index in [2.05, 4.69) is 5.10 Å². The number of aromatic nitrogens is 2. The van der Waals surface area contributed by atoms with E-state index >= 15 is 0 Å². The number of anilines is 1. The molecule has 1 aromatic heterocycles. The monoisotopic (exact) mass is 401 g/mol. The average Bonchev–Trinajstić information content (AvgIpc) is 3.06. The highest BCUT2D eigenvalue weighted by Crippen LogP contribution is 2.28. The van der Waals surface area contributed by atoms with Crippen LogP contribution in [0, 0.1) is 6.92 Å². The fourth-order valence-corrected chi connectivity index (χ4v) is 3.57. The largest absolute Gasteiger partial charge is 0.304 e. The quantitative estimate of drug-likeness (QED) is 0.431. The van der Waals surface area contributed by atoms with Gasteiger partial charge in [-0.15, -0.1) is 0 Å². The Hall–Kier alpha value is -3.37. The number of hydrogen-bond acceptors (Lipinski definition) is 2. The van der Waals surface area contributed by atoms with Crippen molar-refractivity contribution in [3.05, 3.63) is 113 Å². The van der Waals surface area contributed by atoms with E-state index in [4.69, 9.17) is 11.6 Å². The molecule has 0 saturated carbocycles. The van der Waals surface area contributed by atoms with Gasteiger partial charge < -0.3 is 4.90 Å². The van der Waals surface area contributed by atoms with Gasteiger partial charge in [0.15, 0.2) is 0 Å². The Morgan fingerprint density at radius 3 is 2.07 bits per heavy atom. The summed E-state index contributed by atoms with van der Waals surface area (Å²) in [5.74, 6) is -0.0836. The van der Waals surface area contributed by atoms with Crippen molar-refractivity contribution in [2.75, 3.05) is 4.90 Å². The Morgan fingerprint density at radius 2 is 1.45 bits per heavy atom. The topological polar surface area (TPSA) is 38.1 Å². The van der Waals surface area contributed by atoms with Crippen molar-refractivity contribution >= 4 is 23.2 Å². The van der Waals surface area contributed by atoms with Crippen molar-refractivity contribution in [1.82, 2.24) is 9.78 Å². The van der Waals surface area contributed by atoms with Crippen LogP contribution in [0.1, 0.15) is 21.6 Å². The number of para-hydroxylation sites is 2. The first-order valence-electron chi connectivity index (χ1n) is 9.36. The van der Waals surface area contributed by atoms with Crippen LogP contribution in [0.25, 0.3) is 5.69 Å². The van der Waals surface area contributed by atoms with Crippen LogP contribution in [0.3, 0.4) is 0 Å². The SMILES string of the molecule is Cc1nn(-c2ccccc2)c(Cl)c1CN(C(=O)c1ccccc1)c1ccccc1. The molecule has 4 rings (SSSR count). The zero-order chi connectivity index (χ0) is 20.2. The van der Waals surface area contributed by atoms with Gasteiger partial charge in [0.1, 0.15) is 5.15 Å². The molecular weight excluding hydrogens is 382 g/mol. The molecule has 0 radical (unpaired) electrons. The molecule has 0 atom stereocenters. The zero-order valence-corrected chi connectivity index (χ0v) is 16.8. The van der Waals surface area contributed by atoms with Gasteiger partial charge >= 0.3 is 0 Å². The molecule has 29 heavy (non-hydrogen) atoms. The van der Waals surface area contributed by atoms with E-state index in [1.807, 2.05) is 97.9 Å². The number of amides is 1. The van der Waals surface area contributed by atoms with Gasteiger partial charge in [0.05, 0.1) is 17.9 Å². The summed E-state index contributed by atoms with van der Waals surface area (Å²) in [4.78, 5) is 15.0. The Balaban J connectivity index is 1.74. The molecule has 4 aromatic rings. The van der Waals surface area contributed by atoms with E-state index in [1.54, 1.807) is 9.58 Å². The molecule has 3 aromatic carbocycles.